The van der Waals surface area contributed by atoms with Crippen LogP contribution in [0.15, 0.2) is 72.8 Å². The third-order valence-corrected chi connectivity index (χ3v) is 5.54. The number of benzene rings is 3. The van der Waals surface area contributed by atoms with Gasteiger partial charge in [0.1, 0.15) is 11.5 Å². The molecule has 158 valence electrons. The highest BCUT2D eigenvalue weighted by atomic mass is 16.5. The average molecular weight is 415 g/mol. The van der Waals surface area contributed by atoms with E-state index in [1.807, 2.05) is 78.6 Å². The highest BCUT2D eigenvalue weighted by Gasteiger charge is 2.22. The molecule has 1 saturated heterocycles. The molecule has 0 radical (unpaired) electrons. The fourth-order valence-corrected chi connectivity index (χ4v) is 3.69. The fourth-order valence-electron chi connectivity index (χ4n) is 3.69. The Morgan fingerprint density at radius 2 is 1.45 bits per heavy atom. The zero-order valence-corrected chi connectivity index (χ0v) is 17.9. The number of hydrogen-bond acceptors (Lipinski definition) is 4. The van der Waals surface area contributed by atoms with Gasteiger partial charge in [-0.3, -0.25) is 9.59 Å². The van der Waals surface area contributed by atoms with Crippen molar-refractivity contribution in [1.29, 1.82) is 0 Å². The molecule has 0 aromatic heterocycles. The van der Waals surface area contributed by atoms with Crippen molar-refractivity contribution in [2.45, 2.75) is 13.8 Å². The summed E-state index contributed by atoms with van der Waals surface area (Å²) in [5.41, 5.74) is 3.59. The average Bonchev–Trinajstić information content (AvgIpc) is 2.80. The Morgan fingerprint density at radius 1 is 0.774 bits per heavy atom. The lowest BCUT2D eigenvalue weighted by Gasteiger charge is -2.36. The number of nitrogens with zero attached hydrogens (tertiary/aromatic N) is 2. The van der Waals surface area contributed by atoms with Crippen LogP contribution >= 0.6 is 0 Å². The third kappa shape index (κ3) is 4.94. The number of hydrogen-bond donors (Lipinski definition) is 0. The maximum absolute atomic E-state index is 13.0. The summed E-state index contributed by atoms with van der Waals surface area (Å²) < 4.78 is 5.91. The number of carbonyl (C=O) groups excluding carboxylic acids is 2. The van der Waals surface area contributed by atoms with Crippen LogP contribution in [0.3, 0.4) is 0 Å². The molecule has 0 atom stereocenters. The van der Waals surface area contributed by atoms with Crippen molar-refractivity contribution >= 4 is 17.4 Å². The Labute approximate surface area is 182 Å². The Balaban J connectivity index is 1.38. The summed E-state index contributed by atoms with van der Waals surface area (Å²) in [5.74, 6) is 1.48. The summed E-state index contributed by atoms with van der Waals surface area (Å²) in [5, 5.41) is 0. The number of ketones is 1. The zero-order chi connectivity index (χ0) is 21.8. The summed E-state index contributed by atoms with van der Waals surface area (Å²) in [6.45, 7) is 6.41. The molecule has 1 amide bonds. The first-order valence-electron chi connectivity index (χ1n) is 10.5. The lowest BCUT2D eigenvalue weighted by Crippen LogP contribution is -2.48. The Hall–Kier alpha value is -3.60. The second kappa shape index (κ2) is 9.04. The summed E-state index contributed by atoms with van der Waals surface area (Å²) in [4.78, 5) is 28.6. The molecule has 0 N–H and O–H groups in total. The second-order valence-electron chi connectivity index (χ2n) is 7.83. The third-order valence-electron chi connectivity index (χ3n) is 5.54. The van der Waals surface area contributed by atoms with Crippen LogP contribution in [0.25, 0.3) is 0 Å². The molecular formula is C26H26N2O3. The molecule has 1 aliphatic heterocycles. The Kier molecular flexibility index (Phi) is 6.03. The van der Waals surface area contributed by atoms with Gasteiger partial charge in [-0.25, -0.2) is 0 Å². The van der Waals surface area contributed by atoms with Crippen LogP contribution in [-0.2, 0) is 0 Å². The molecule has 0 aliphatic carbocycles. The molecular weight excluding hydrogens is 388 g/mol. The smallest absolute Gasteiger partial charge is 0.254 e. The molecule has 0 unspecified atom stereocenters. The number of carbonyl (C=O) groups is 2. The molecule has 3 aromatic rings. The number of amides is 1. The molecule has 1 fully saturated rings. The Morgan fingerprint density at radius 3 is 2.10 bits per heavy atom. The van der Waals surface area contributed by atoms with Crippen molar-refractivity contribution < 1.29 is 14.3 Å². The molecule has 3 aromatic carbocycles. The number of piperazine rings is 1. The molecule has 1 aliphatic rings. The second-order valence-corrected chi connectivity index (χ2v) is 7.83. The maximum atomic E-state index is 13.0. The van der Waals surface area contributed by atoms with Crippen LogP contribution in [0.1, 0.15) is 33.2 Å². The first-order chi connectivity index (χ1) is 15.0. The van der Waals surface area contributed by atoms with Crippen LogP contribution < -0.4 is 9.64 Å². The summed E-state index contributed by atoms with van der Waals surface area (Å²) >= 11 is 0. The lowest BCUT2D eigenvalue weighted by atomic mass is 10.1. The standard InChI is InChI=1S/C26H26N2O3/c1-19-6-12-24(13-7-19)31-25-5-3-4-22(18-25)26(30)28-16-14-27(15-17-28)23-10-8-21(9-11-23)20(2)29/h3-13,18H,14-17H2,1-2H3. The van der Waals surface area contributed by atoms with Crippen LogP contribution in [-0.4, -0.2) is 42.8 Å². The summed E-state index contributed by atoms with van der Waals surface area (Å²) in [7, 11) is 0. The highest BCUT2D eigenvalue weighted by Crippen LogP contribution is 2.24. The molecule has 0 bridgehead atoms. The van der Waals surface area contributed by atoms with E-state index in [2.05, 4.69) is 4.90 Å². The Bertz CT molecular complexity index is 1070. The van der Waals surface area contributed by atoms with Crippen molar-refractivity contribution in [2.75, 3.05) is 31.1 Å². The van der Waals surface area contributed by atoms with Crippen molar-refractivity contribution in [1.82, 2.24) is 4.90 Å². The van der Waals surface area contributed by atoms with E-state index < -0.39 is 0 Å². The van der Waals surface area contributed by atoms with E-state index >= 15 is 0 Å². The van der Waals surface area contributed by atoms with E-state index in [4.69, 9.17) is 4.74 Å². The minimum absolute atomic E-state index is 0.0148. The van der Waals surface area contributed by atoms with Gasteiger partial charge in [0.05, 0.1) is 0 Å². The molecule has 1 heterocycles. The van der Waals surface area contributed by atoms with Gasteiger partial charge in [-0.05, 0) is 68.4 Å². The zero-order valence-electron chi connectivity index (χ0n) is 17.9. The van der Waals surface area contributed by atoms with Crippen molar-refractivity contribution in [3.05, 3.63) is 89.5 Å². The summed E-state index contributed by atoms with van der Waals surface area (Å²) in [6, 6.07) is 22.8. The van der Waals surface area contributed by atoms with Crippen molar-refractivity contribution in [3.63, 3.8) is 0 Å². The molecule has 5 nitrogen and oxygen atoms in total. The van der Waals surface area contributed by atoms with Crippen LogP contribution in [0.2, 0.25) is 0 Å². The van der Waals surface area contributed by atoms with E-state index in [0.717, 1.165) is 24.5 Å². The van der Waals surface area contributed by atoms with Crippen LogP contribution in [0.5, 0.6) is 11.5 Å². The largest absolute Gasteiger partial charge is 0.457 e. The summed E-state index contributed by atoms with van der Waals surface area (Å²) in [6.07, 6.45) is 0. The fraction of sp³-hybridized carbons (Fsp3) is 0.231. The SMILES string of the molecule is CC(=O)c1ccc(N2CCN(C(=O)c3cccc(Oc4ccc(C)cc4)c3)CC2)cc1. The van der Waals surface area contributed by atoms with Crippen molar-refractivity contribution in [3.8, 4) is 11.5 Å². The van der Waals surface area contributed by atoms with E-state index in [1.165, 1.54) is 5.56 Å². The van der Waals surface area contributed by atoms with Gasteiger partial charge in [-0.1, -0.05) is 23.8 Å². The van der Waals surface area contributed by atoms with Gasteiger partial charge in [0.15, 0.2) is 5.78 Å². The van der Waals surface area contributed by atoms with Crippen LogP contribution in [0.4, 0.5) is 5.69 Å². The van der Waals surface area contributed by atoms with Gasteiger partial charge in [-0.15, -0.1) is 0 Å². The van der Waals surface area contributed by atoms with Gasteiger partial charge in [0, 0.05) is 43.0 Å². The number of ether oxygens (including phenoxy) is 1. The quantitative estimate of drug-likeness (QED) is 0.554. The number of rotatable bonds is 5. The monoisotopic (exact) mass is 414 g/mol. The molecule has 0 spiro atoms. The molecule has 5 heteroatoms. The van der Waals surface area contributed by atoms with Gasteiger partial charge >= 0.3 is 0 Å². The van der Waals surface area contributed by atoms with Gasteiger partial charge in [0.2, 0.25) is 0 Å². The predicted octanol–water partition coefficient (Wildman–Crippen LogP) is 4.95. The number of Topliss-reactive ketones (excluding diaryl/α,β-unsaturated/α-hetero) is 1. The van der Waals surface area contributed by atoms with E-state index in [9.17, 15) is 9.59 Å². The van der Waals surface area contributed by atoms with Gasteiger partial charge in [-0.2, -0.15) is 0 Å². The first kappa shape index (κ1) is 20.7. The minimum atomic E-state index is 0.0148. The highest BCUT2D eigenvalue weighted by molar-refractivity contribution is 5.95. The van der Waals surface area contributed by atoms with E-state index in [1.54, 1.807) is 13.0 Å². The van der Waals surface area contributed by atoms with E-state index in [-0.39, 0.29) is 11.7 Å². The lowest BCUT2D eigenvalue weighted by molar-refractivity contribution is 0.0746. The van der Waals surface area contributed by atoms with Gasteiger partial charge < -0.3 is 14.5 Å². The topological polar surface area (TPSA) is 49.9 Å². The van der Waals surface area contributed by atoms with Crippen molar-refractivity contribution in [2.24, 2.45) is 0 Å². The molecule has 0 saturated carbocycles. The predicted molar refractivity (Wildman–Crippen MR) is 122 cm³/mol. The number of anilines is 1. The molecule has 31 heavy (non-hydrogen) atoms. The van der Waals surface area contributed by atoms with Gasteiger partial charge in [0.25, 0.3) is 5.91 Å². The van der Waals surface area contributed by atoms with E-state index in [0.29, 0.717) is 30.0 Å². The minimum Gasteiger partial charge on any atom is -0.457 e. The van der Waals surface area contributed by atoms with Crippen LogP contribution in [0, 0.1) is 6.92 Å². The first-order valence-corrected chi connectivity index (χ1v) is 10.5. The maximum Gasteiger partial charge on any atom is 0.254 e. The molecule has 4 rings (SSSR count). The number of aryl methyl sites for hydroxylation is 1. The normalized spacial score (nSPS) is 13.7.